The quantitative estimate of drug-likeness (QED) is 0.745. The summed E-state index contributed by atoms with van der Waals surface area (Å²) < 4.78 is 10.9. The standard InChI is InChI=1S/C17H18Cl2N4O3/c18-11-3-4-14(13(19)8-11)26-10-17(24)21-16-6-5-15(22-23-16)20-9-12-2-1-7-25-12/h3-6,8,12H,1-2,7,9-10H2,(H,20,22)(H,21,23,24). The molecular formula is C17H18Cl2N4O3. The van der Waals surface area contributed by atoms with E-state index in [0.29, 0.717) is 34.0 Å². The molecule has 9 heteroatoms. The summed E-state index contributed by atoms with van der Waals surface area (Å²) in [6, 6.07) is 8.19. The number of halogens is 2. The number of hydrogen-bond acceptors (Lipinski definition) is 6. The predicted octanol–water partition coefficient (Wildman–Crippen LogP) is 3.39. The molecule has 3 rings (SSSR count). The number of amides is 1. The Labute approximate surface area is 161 Å². The van der Waals surface area contributed by atoms with Gasteiger partial charge in [0.25, 0.3) is 5.91 Å². The van der Waals surface area contributed by atoms with Crippen molar-refractivity contribution in [3.8, 4) is 5.75 Å². The van der Waals surface area contributed by atoms with Crippen LogP contribution in [-0.2, 0) is 9.53 Å². The number of hydrogen-bond donors (Lipinski definition) is 2. The van der Waals surface area contributed by atoms with E-state index in [1.807, 2.05) is 0 Å². The number of benzene rings is 1. The largest absolute Gasteiger partial charge is 0.482 e. The average molecular weight is 397 g/mol. The lowest BCUT2D eigenvalue weighted by Gasteiger charge is -2.11. The third-order valence-corrected chi connectivity index (χ3v) is 4.25. The topological polar surface area (TPSA) is 85.4 Å². The number of aromatic nitrogens is 2. The third kappa shape index (κ3) is 5.45. The number of anilines is 2. The predicted molar refractivity (Wildman–Crippen MR) is 100 cm³/mol. The Morgan fingerprint density at radius 2 is 2.04 bits per heavy atom. The van der Waals surface area contributed by atoms with Gasteiger partial charge in [-0.3, -0.25) is 4.79 Å². The molecule has 0 saturated carbocycles. The van der Waals surface area contributed by atoms with Crippen LogP contribution in [0.4, 0.5) is 11.6 Å². The summed E-state index contributed by atoms with van der Waals surface area (Å²) in [5, 5.41) is 14.6. The van der Waals surface area contributed by atoms with Crippen LogP contribution in [0.1, 0.15) is 12.8 Å². The molecule has 1 atom stereocenters. The minimum absolute atomic E-state index is 0.206. The van der Waals surface area contributed by atoms with E-state index in [4.69, 9.17) is 32.7 Å². The number of carbonyl (C=O) groups excluding carboxylic acids is 1. The van der Waals surface area contributed by atoms with Crippen molar-refractivity contribution in [3.05, 3.63) is 40.4 Å². The fourth-order valence-corrected chi connectivity index (χ4v) is 2.89. The molecule has 0 bridgehead atoms. The number of nitrogens with zero attached hydrogens (tertiary/aromatic N) is 2. The first-order valence-electron chi connectivity index (χ1n) is 8.17. The first-order valence-corrected chi connectivity index (χ1v) is 8.92. The zero-order valence-corrected chi connectivity index (χ0v) is 15.4. The molecule has 0 radical (unpaired) electrons. The van der Waals surface area contributed by atoms with Crippen LogP contribution >= 0.6 is 23.2 Å². The minimum atomic E-state index is -0.370. The summed E-state index contributed by atoms with van der Waals surface area (Å²) in [6.07, 6.45) is 2.35. The van der Waals surface area contributed by atoms with Crippen LogP contribution in [-0.4, -0.2) is 42.0 Å². The van der Waals surface area contributed by atoms with Gasteiger partial charge in [0.2, 0.25) is 0 Å². The molecule has 1 unspecified atom stereocenters. The lowest BCUT2D eigenvalue weighted by atomic mass is 10.2. The Morgan fingerprint density at radius 3 is 2.73 bits per heavy atom. The lowest BCUT2D eigenvalue weighted by Crippen LogP contribution is -2.21. The minimum Gasteiger partial charge on any atom is -0.482 e. The van der Waals surface area contributed by atoms with Crippen LogP contribution in [0.3, 0.4) is 0 Å². The molecule has 2 heterocycles. The molecule has 0 spiro atoms. The van der Waals surface area contributed by atoms with Crippen LogP contribution in [0.25, 0.3) is 0 Å². The Bertz CT molecular complexity index is 752. The summed E-state index contributed by atoms with van der Waals surface area (Å²) in [5.74, 6) is 0.975. The third-order valence-electron chi connectivity index (χ3n) is 3.72. The van der Waals surface area contributed by atoms with Gasteiger partial charge in [-0.2, -0.15) is 0 Å². The average Bonchev–Trinajstić information content (AvgIpc) is 3.14. The van der Waals surface area contributed by atoms with Crippen molar-refractivity contribution in [2.24, 2.45) is 0 Å². The highest BCUT2D eigenvalue weighted by atomic mass is 35.5. The van der Waals surface area contributed by atoms with Crippen molar-refractivity contribution in [1.29, 1.82) is 0 Å². The maximum atomic E-state index is 11.9. The first-order chi connectivity index (χ1) is 12.6. The maximum absolute atomic E-state index is 11.9. The van der Waals surface area contributed by atoms with Gasteiger partial charge in [0.1, 0.15) is 11.6 Å². The van der Waals surface area contributed by atoms with Crippen molar-refractivity contribution in [2.45, 2.75) is 18.9 Å². The van der Waals surface area contributed by atoms with Crippen molar-refractivity contribution in [2.75, 3.05) is 30.4 Å². The van der Waals surface area contributed by atoms with Crippen molar-refractivity contribution in [1.82, 2.24) is 10.2 Å². The Kier molecular flexibility index (Phi) is 6.49. The van der Waals surface area contributed by atoms with Crippen molar-refractivity contribution in [3.63, 3.8) is 0 Å². The fraction of sp³-hybridized carbons (Fsp3) is 0.353. The summed E-state index contributed by atoms with van der Waals surface area (Å²) in [6.45, 7) is 1.30. The molecule has 2 N–H and O–H groups in total. The van der Waals surface area contributed by atoms with Crippen molar-refractivity contribution < 1.29 is 14.3 Å². The highest BCUT2D eigenvalue weighted by Gasteiger charge is 2.15. The van der Waals surface area contributed by atoms with E-state index in [-0.39, 0.29) is 18.6 Å². The molecule has 1 amide bonds. The molecule has 2 aromatic rings. The van der Waals surface area contributed by atoms with Gasteiger partial charge in [-0.1, -0.05) is 23.2 Å². The van der Waals surface area contributed by atoms with Gasteiger partial charge in [0.15, 0.2) is 12.4 Å². The molecule has 0 aliphatic carbocycles. The number of rotatable bonds is 7. The van der Waals surface area contributed by atoms with Gasteiger partial charge in [-0.15, -0.1) is 10.2 Å². The molecule has 138 valence electrons. The highest BCUT2D eigenvalue weighted by molar-refractivity contribution is 6.35. The van der Waals surface area contributed by atoms with E-state index in [0.717, 1.165) is 19.4 Å². The summed E-state index contributed by atoms with van der Waals surface area (Å²) in [5.41, 5.74) is 0. The molecule has 1 fully saturated rings. The van der Waals surface area contributed by atoms with Gasteiger partial charge in [-0.05, 0) is 43.2 Å². The normalized spacial score (nSPS) is 16.3. The molecule has 1 aliphatic rings. The van der Waals surface area contributed by atoms with Crippen LogP contribution in [0.5, 0.6) is 5.75 Å². The van der Waals surface area contributed by atoms with Gasteiger partial charge in [-0.25, -0.2) is 0 Å². The molecule has 1 aliphatic heterocycles. The van der Waals surface area contributed by atoms with Gasteiger partial charge in [0, 0.05) is 18.2 Å². The second-order valence-corrected chi connectivity index (χ2v) is 6.57. The highest BCUT2D eigenvalue weighted by Crippen LogP contribution is 2.27. The Hall–Kier alpha value is -2.09. The molecule has 7 nitrogen and oxygen atoms in total. The monoisotopic (exact) mass is 396 g/mol. The van der Waals surface area contributed by atoms with E-state index in [1.165, 1.54) is 0 Å². The molecule has 26 heavy (non-hydrogen) atoms. The molecule has 1 aromatic heterocycles. The lowest BCUT2D eigenvalue weighted by molar-refractivity contribution is -0.118. The molecular weight excluding hydrogens is 379 g/mol. The van der Waals surface area contributed by atoms with E-state index in [2.05, 4.69) is 20.8 Å². The van der Waals surface area contributed by atoms with Gasteiger partial charge < -0.3 is 20.1 Å². The van der Waals surface area contributed by atoms with E-state index >= 15 is 0 Å². The number of ether oxygens (including phenoxy) is 2. The van der Waals surface area contributed by atoms with Gasteiger partial charge >= 0.3 is 0 Å². The second kappa shape index (κ2) is 9.02. The zero-order valence-electron chi connectivity index (χ0n) is 13.9. The van der Waals surface area contributed by atoms with Crippen molar-refractivity contribution >= 4 is 40.7 Å². The van der Waals surface area contributed by atoms with Crippen LogP contribution in [0, 0.1) is 0 Å². The second-order valence-electron chi connectivity index (χ2n) is 5.73. The Balaban J connectivity index is 1.44. The van der Waals surface area contributed by atoms with Crippen LogP contribution in [0.15, 0.2) is 30.3 Å². The molecule has 1 aromatic carbocycles. The number of nitrogens with one attached hydrogen (secondary N) is 2. The Morgan fingerprint density at radius 1 is 1.23 bits per heavy atom. The zero-order chi connectivity index (χ0) is 18.4. The summed E-state index contributed by atoms with van der Waals surface area (Å²) >= 11 is 11.8. The van der Waals surface area contributed by atoms with E-state index < -0.39 is 0 Å². The summed E-state index contributed by atoms with van der Waals surface area (Å²) in [4.78, 5) is 11.9. The van der Waals surface area contributed by atoms with Crippen LogP contribution < -0.4 is 15.4 Å². The number of carbonyl (C=O) groups is 1. The molecule has 1 saturated heterocycles. The van der Waals surface area contributed by atoms with Crippen LogP contribution in [0.2, 0.25) is 10.0 Å². The SMILES string of the molecule is O=C(COc1ccc(Cl)cc1Cl)Nc1ccc(NCC2CCCO2)nn1. The first kappa shape index (κ1) is 18.7. The van der Waals surface area contributed by atoms with E-state index in [1.54, 1.807) is 30.3 Å². The summed E-state index contributed by atoms with van der Waals surface area (Å²) in [7, 11) is 0. The van der Waals surface area contributed by atoms with E-state index in [9.17, 15) is 4.79 Å². The maximum Gasteiger partial charge on any atom is 0.263 e. The smallest absolute Gasteiger partial charge is 0.263 e. The fourth-order valence-electron chi connectivity index (χ4n) is 2.43. The van der Waals surface area contributed by atoms with Gasteiger partial charge in [0.05, 0.1) is 11.1 Å².